The highest BCUT2D eigenvalue weighted by atomic mass is 32.1. The van der Waals surface area contributed by atoms with Gasteiger partial charge in [-0.1, -0.05) is 0 Å². The Bertz CT molecular complexity index is 461. The number of aromatic amines is 1. The van der Waals surface area contributed by atoms with Gasteiger partial charge in [-0.15, -0.1) is 11.3 Å². The van der Waals surface area contributed by atoms with Crippen LogP contribution in [0.5, 0.6) is 0 Å². The zero-order valence-corrected chi connectivity index (χ0v) is 8.91. The lowest BCUT2D eigenvalue weighted by molar-refractivity contribution is -0.138. The maximum atomic E-state index is 10.8. The third-order valence-corrected chi connectivity index (χ3v) is 3.16. The van der Waals surface area contributed by atoms with E-state index in [0.29, 0.717) is 5.01 Å². The minimum absolute atomic E-state index is 0.543. The molecular formula is C10H10N2O2S. The molecule has 2 heterocycles. The van der Waals surface area contributed by atoms with Crippen LogP contribution in [-0.4, -0.2) is 21.0 Å². The normalized spacial score (nSPS) is 12.6. The van der Waals surface area contributed by atoms with Gasteiger partial charge in [-0.3, -0.25) is 4.79 Å². The largest absolute Gasteiger partial charge is 0.481 e. The number of aliphatic carboxylic acids is 1. The highest BCUT2D eigenvalue weighted by Gasteiger charge is 2.17. The molecule has 0 saturated heterocycles. The fourth-order valence-corrected chi connectivity index (χ4v) is 2.07. The molecule has 2 aromatic rings. The molecule has 0 bridgehead atoms. The first kappa shape index (κ1) is 9.92. The Morgan fingerprint density at radius 3 is 3.07 bits per heavy atom. The van der Waals surface area contributed by atoms with E-state index in [0.717, 1.165) is 11.4 Å². The molecule has 4 nitrogen and oxygen atoms in total. The Hall–Kier alpha value is -1.62. The summed E-state index contributed by atoms with van der Waals surface area (Å²) >= 11 is 1.37. The Morgan fingerprint density at radius 2 is 2.47 bits per heavy atom. The molecule has 2 rings (SSSR count). The number of nitrogens with one attached hydrogen (secondary N) is 1. The number of H-pyrrole nitrogens is 1. The molecular weight excluding hydrogens is 212 g/mol. The van der Waals surface area contributed by atoms with Crippen molar-refractivity contribution in [1.29, 1.82) is 0 Å². The molecule has 78 valence electrons. The predicted octanol–water partition coefficient (Wildman–Crippen LogP) is 2.33. The van der Waals surface area contributed by atoms with Crippen molar-refractivity contribution < 1.29 is 9.90 Å². The van der Waals surface area contributed by atoms with E-state index in [1.54, 1.807) is 6.92 Å². The molecule has 0 aliphatic heterocycles. The fourth-order valence-electron chi connectivity index (χ4n) is 1.21. The van der Waals surface area contributed by atoms with Gasteiger partial charge in [0, 0.05) is 11.6 Å². The van der Waals surface area contributed by atoms with Crippen molar-refractivity contribution >= 4 is 17.3 Å². The summed E-state index contributed by atoms with van der Waals surface area (Å²) in [5.74, 6) is -1.39. The first-order valence-electron chi connectivity index (χ1n) is 4.50. The third-order valence-electron chi connectivity index (χ3n) is 2.14. The minimum Gasteiger partial charge on any atom is -0.481 e. The minimum atomic E-state index is -0.845. The Balaban J connectivity index is 2.28. The van der Waals surface area contributed by atoms with E-state index in [4.69, 9.17) is 5.11 Å². The summed E-state index contributed by atoms with van der Waals surface area (Å²) in [6.07, 6.45) is 1.81. The van der Waals surface area contributed by atoms with Crippen LogP contribution in [0.3, 0.4) is 0 Å². The highest BCUT2D eigenvalue weighted by Crippen LogP contribution is 2.25. The van der Waals surface area contributed by atoms with Crippen LogP contribution in [0.1, 0.15) is 17.8 Å². The topological polar surface area (TPSA) is 66.0 Å². The molecule has 0 spiro atoms. The molecule has 15 heavy (non-hydrogen) atoms. The summed E-state index contributed by atoms with van der Waals surface area (Å²) in [7, 11) is 0. The number of hydrogen-bond donors (Lipinski definition) is 2. The molecule has 0 saturated carbocycles. The van der Waals surface area contributed by atoms with Crippen molar-refractivity contribution in [2.75, 3.05) is 0 Å². The van der Waals surface area contributed by atoms with Gasteiger partial charge in [0.1, 0.15) is 10.9 Å². The number of aromatic nitrogens is 2. The van der Waals surface area contributed by atoms with Gasteiger partial charge in [0.15, 0.2) is 0 Å². The van der Waals surface area contributed by atoms with E-state index >= 15 is 0 Å². The molecule has 0 fully saturated rings. The maximum absolute atomic E-state index is 10.8. The number of thiazole rings is 1. The van der Waals surface area contributed by atoms with E-state index in [9.17, 15) is 4.79 Å². The quantitative estimate of drug-likeness (QED) is 0.837. The maximum Gasteiger partial charge on any atom is 0.313 e. The van der Waals surface area contributed by atoms with Gasteiger partial charge in [0.25, 0.3) is 0 Å². The number of rotatable bonds is 3. The standard InChI is InChI=1S/C10H10N2O2S/c1-6(10(13)14)9-12-8(5-15-9)7-3-2-4-11-7/h2-6,11H,1H3,(H,13,14). The second kappa shape index (κ2) is 3.86. The fraction of sp³-hybridized carbons (Fsp3) is 0.200. The number of carbonyl (C=O) groups is 1. The van der Waals surface area contributed by atoms with E-state index in [-0.39, 0.29) is 0 Å². The first-order valence-corrected chi connectivity index (χ1v) is 5.38. The average Bonchev–Trinajstić information content (AvgIpc) is 2.86. The lowest BCUT2D eigenvalue weighted by Crippen LogP contribution is -2.06. The van der Waals surface area contributed by atoms with Crippen LogP contribution in [0, 0.1) is 0 Å². The molecule has 1 atom stereocenters. The second-order valence-electron chi connectivity index (χ2n) is 3.21. The van der Waals surface area contributed by atoms with Gasteiger partial charge < -0.3 is 10.1 Å². The van der Waals surface area contributed by atoms with Crippen molar-refractivity contribution in [2.24, 2.45) is 0 Å². The molecule has 0 aliphatic rings. The van der Waals surface area contributed by atoms with Gasteiger partial charge >= 0.3 is 5.97 Å². The summed E-state index contributed by atoms with van der Waals surface area (Å²) in [6.45, 7) is 1.64. The van der Waals surface area contributed by atoms with E-state index in [1.165, 1.54) is 11.3 Å². The van der Waals surface area contributed by atoms with Crippen LogP contribution in [0.25, 0.3) is 11.4 Å². The molecule has 1 unspecified atom stereocenters. The summed E-state index contributed by atoms with van der Waals surface area (Å²) in [6, 6.07) is 3.79. The van der Waals surface area contributed by atoms with Crippen LogP contribution >= 0.6 is 11.3 Å². The van der Waals surface area contributed by atoms with Gasteiger partial charge in [0.05, 0.1) is 11.4 Å². The van der Waals surface area contributed by atoms with Crippen LogP contribution in [0.2, 0.25) is 0 Å². The lowest BCUT2D eigenvalue weighted by atomic mass is 10.2. The SMILES string of the molecule is CC(C(=O)O)c1nc(-c2ccc[nH]2)cs1. The molecule has 2 aromatic heterocycles. The average molecular weight is 222 g/mol. The molecule has 0 aliphatic carbocycles. The Labute approximate surface area is 90.6 Å². The number of hydrogen-bond acceptors (Lipinski definition) is 3. The zero-order chi connectivity index (χ0) is 10.8. The van der Waals surface area contributed by atoms with Crippen LogP contribution in [0.15, 0.2) is 23.7 Å². The van der Waals surface area contributed by atoms with Crippen molar-refractivity contribution in [3.63, 3.8) is 0 Å². The summed E-state index contributed by atoms with van der Waals surface area (Å²) in [5, 5.41) is 11.3. The highest BCUT2D eigenvalue weighted by molar-refractivity contribution is 7.10. The monoisotopic (exact) mass is 222 g/mol. The number of carboxylic acid groups (broad SMARTS) is 1. The Kier molecular flexibility index (Phi) is 2.55. The van der Waals surface area contributed by atoms with Crippen molar-refractivity contribution in [1.82, 2.24) is 9.97 Å². The number of nitrogens with zero attached hydrogens (tertiary/aromatic N) is 1. The van der Waals surface area contributed by atoms with E-state index in [2.05, 4.69) is 9.97 Å². The predicted molar refractivity (Wildman–Crippen MR) is 58.0 cm³/mol. The van der Waals surface area contributed by atoms with Crippen LogP contribution in [-0.2, 0) is 4.79 Å². The molecule has 5 heteroatoms. The van der Waals surface area contributed by atoms with Crippen molar-refractivity contribution in [2.45, 2.75) is 12.8 Å². The molecule has 2 N–H and O–H groups in total. The smallest absolute Gasteiger partial charge is 0.313 e. The van der Waals surface area contributed by atoms with Crippen molar-refractivity contribution in [3.8, 4) is 11.4 Å². The molecule has 0 amide bonds. The zero-order valence-electron chi connectivity index (χ0n) is 8.10. The lowest BCUT2D eigenvalue weighted by Gasteiger charge is -1.99. The summed E-state index contributed by atoms with van der Waals surface area (Å²) in [5.41, 5.74) is 1.71. The van der Waals surface area contributed by atoms with E-state index < -0.39 is 11.9 Å². The van der Waals surface area contributed by atoms with E-state index in [1.807, 2.05) is 23.7 Å². The third kappa shape index (κ3) is 1.92. The molecule has 0 aromatic carbocycles. The summed E-state index contributed by atoms with van der Waals surface area (Å²) in [4.78, 5) is 18.1. The molecule has 0 radical (unpaired) electrons. The number of carboxylic acids is 1. The van der Waals surface area contributed by atoms with Crippen molar-refractivity contribution in [3.05, 3.63) is 28.7 Å². The van der Waals surface area contributed by atoms with Gasteiger partial charge in [-0.2, -0.15) is 0 Å². The second-order valence-corrected chi connectivity index (χ2v) is 4.10. The Morgan fingerprint density at radius 1 is 1.67 bits per heavy atom. The first-order chi connectivity index (χ1) is 7.18. The summed E-state index contributed by atoms with van der Waals surface area (Å²) < 4.78 is 0. The van der Waals surface area contributed by atoms with Gasteiger partial charge in [0.2, 0.25) is 0 Å². The van der Waals surface area contributed by atoms with Gasteiger partial charge in [-0.05, 0) is 19.1 Å². The van der Waals surface area contributed by atoms with Crippen LogP contribution in [0.4, 0.5) is 0 Å². The van der Waals surface area contributed by atoms with Crippen LogP contribution < -0.4 is 0 Å². The van der Waals surface area contributed by atoms with Gasteiger partial charge in [-0.25, -0.2) is 4.98 Å².